The van der Waals surface area contributed by atoms with E-state index in [-0.39, 0.29) is 12.5 Å². The maximum atomic E-state index is 11.7. The van der Waals surface area contributed by atoms with Crippen LogP contribution in [0, 0.1) is 20.8 Å². The first kappa shape index (κ1) is 14.5. The molecular weight excluding hydrogens is 272 g/mol. The van der Waals surface area contributed by atoms with E-state index in [1.165, 1.54) is 5.56 Å². The number of carbonyl (C=O) groups is 1. The Hall–Kier alpha value is -1.88. The van der Waals surface area contributed by atoms with E-state index in [4.69, 9.17) is 4.74 Å². The van der Waals surface area contributed by atoms with Gasteiger partial charge in [0.1, 0.15) is 5.75 Å². The predicted molar refractivity (Wildman–Crippen MR) is 80.1 cm³/mol. The second-order valence-electron chi connectivity index (χ2n) is 4.67. The number of nitrogens with one attached hydrogen (secondary N) is 1. The summed E-state index contributed by atoms with van der Waals surface area (Å²) in [4.78, 5) is 16.0. The third-order valence-corrected chi connectivity index (χ3v) is 3.80. The quantitative estimate of drug-likeness (QED) is 0.921. The van der Waals surface area contributed by atoms with E-state index in [0.717, 1.165) is 16.3 Å². The summed E-state index contributed by atoms with van der Waals surface area (Å²) in [5.74, 6) is 0.571. The van der Waals surface area contributed by atoms with Gasteiger partial charge in [0, 0.05) is 5.38 Å². The van der Waals surface area contributed by atoms with Crippen LogP contribution in [0.25, 0.3) is 0 Å². The van der Waals surface area contributed by atoms with Crippen molar-refractivity contribution in [2.75, 3.05) is 6.61 Å². The van der Waals surface area contributed by atoms with Crippen LogP contribution in [-0.2, 0) is 11.3 Å². The van der Waals surface area contributed by atoms with E-state index < -0.39 is 0 Å². The van der Waals surface area contributed by atoms with Gasteiger partial charge >= 0.3 is 0 Å². The van der Waals surface area contributed by atoms with Crippen molar-refractivity contribution in [1.29, 1.82) is 0 Å². The topological polar surface area (TPSA) is 51.2 Å². The monoisotopic (exact) mass is 290 g/mol. The van der Waals surface area contributed by atoms with Crippen LogP contribution in [0.3, 0.4) is 0 Å². The van der Waals surface area contributed by atoms with Gasteiger partial charge in [-0.1, -0.05) is 6.07 Å². The van der Waals surface area contributed by atoms with Crippen molar-refractivity contribution in [1.82, 2.24) is 10.3 Å². The molecule has 5 heteroatoms. The number of nitrogens with zero attached hydrogens (tertiary/aromatic N) is 1. The molecule has 0 fully saturated rings. The van der Waals surface area contributed by atoms with Gasteiger partial charge in [0.25, 0.3) is 5.91 Å². The number of aryl methyl sites for hydroxylation is 3. The molecule has 0 atom stereocenters. The predicted octanol–water partition coefficient (Wildman–Crippen LogP) is 2.76. The fourth-order valence-corrected chi connectivity index (χ4v) is 2.29. The molecule has 1 aromatic heterocycles. The number of hydrogen-bond acceptors (Lipinski definition) is 4. The first-order valence-corrected chi connectivity index (χ1v) is 7.30. The molecule has 2 aromatic rings. The second kappa shape index (κ2) is 6.52. The Balaban J connectivity index is 1.78. The Morgan fingerprint density at radius 3 is 2.75 bits per heavy atom. The minimum Gasteiger partial charge on any atom is -0.484 e. The number of hydrogen-bond donors (Lipinski definition) is 1. The SMILES string of the molecule is Cc1nc(CNC(=O)COc2ccc(C)c(C)c2)cs1. The Bertz CT molecular complexity index is 608. The molecule has 1 aromatic carbocycles. The summed E-state index contributed by atoms with van der Waals surface area (Å²) in [7, 11) is 0. The number of aromatic nitrogens is 1. The van der Waals surface area contributed by atoms with Gasteiger partial charge < -0.3 is 10.1 Å². The normalized spacial score (nSPS) is 10.3. The molecule has 1 amide bonds. The molecule has 0 unspecified atom stereocenters. The molecule has 0 saturated carbocycles. The third kappa shape index (κ3) is 4.06. The molecule has 0 aliphatic carbocycles. The highest BCUT2D eigenvalue weighted by Gasteiger charge is 2.05. The summed E-state index contributed by atoms with van der Waals surface area (Å²) in [6.45, 7) is 6.47. The molecule has 0 spiro atoms. The average molecular weight is 290 g/mol. The first-order valence-electron chi connectivity index (χ1n) is 6.42. The fourth-order valence-electron chi connectivity index (χ4n) is 1.68. The van der Waals surface area contributed by atoms with Crippen LogP contribution >= 0.6 is 11.3 Å². The van der Waals surface area contributed by atoms with E-state index in [1.54, 1.807) is 11.3 Å². The van der Waals surface area contributed by atoms with Gasteiger partial charge in [-0.05, 0) is 44.0 Å². The number of ether oxygens (including phenoxy) is 1. The van der Waals surface area contributed by atoms with Crippen LogP contribution in [0.4, 0.5) is 0 Å². The van der Waals surface area contributed by atoms with E-state index in [9.17, 15) is 4.79 Å². The van der Waals surface area contributed by atoms with Crippen molar-refractivity contribution in [3.05, 3.63) is 45.4 Å². The number of rotatable bonds is 5. The van der Waals surface area contributed by atoms with E-state index in [0.29, 0.717) is 12.3 Å². The Morgan fingerprint density at radius 1 is 1.30 bits per heavy atom. The molecule has 0 saturated heterocycles. The zero-order valence-electron chi connectivity index (χ0n) is 11.9. The van der Waals surface area contributed by atoms with Crippen LogP contribution in [0.15, 0.2) is 23.6 Å². The molecule has 20 heavy (non-hydrogen) atoms. The molecule has 1 N–H and O–H groups in total. The van der Waals surface area contributed by atoms with Crippen LogP contribution < -0.4 is 10.1 Å². The standard InChI is InChI=1S/C15H18N2O2S/c1-10-4-5-14(6-11(10)2)19-8-15(18)16-7-13-9-20-12(3)17-13/h4-6,9H,7-8H2,1-3H3,(H,16,18). The van der Waals surface area contributed by atoms with Gasteiger partial charge in [-0.15, -0.1) is 11.3 Å². The minimum absolute atomic E-state index is 0.0195. The maximum absolute atomic E-state index is 11.7. The highest BCUT2D eigenvalue weighted by atomic mass is 32.1. The number of carbonyl (C=O) groups excluding carboxylic acids is 1. The Kier molecular flexibility index (Phi) is 4.74. The van der Waals surface area contributed by atoms with E-state index >= 15 is 0 Å². The zero-order chi connectivity index (χ0) is 14.5. The number of benzene rings is 1. The highest BCUT2D eigenvalue weighted by Crippen LogP contribution is 2.16. The third-order valence-electron chi connectivity index (χ3n) is 2.98. The van der Waals surface area contributed by atoms with Crippen LogP contribution in [-0.4, -0.2) is 17.5 Å². The lowest BCUT2D eigenvalue weighted by Gasteiger charge is -2.08. The molecular formula is C15H18N2O2S. The molecule has 0 aliphatic rings. The summed E-state index contributed by atoms with van der Waals surface area (Å²) in [5.41, 5.74) is 3.24. The van der Waals surface area contributed by atoms with Crippen LogP contribution in [0.1, 0.15) is 21.8 Å². The Morgan fingerprint density at radius 2 is 2.10 bits per heavy atom. The van der Waals surface area contributed by atoms with Crippen LogP contribution in [0.2, 0.25) is 0 Å². The van der Waals surface area contributed by atoms with Crippen molar-refractivity contribution in [2.45, 2.75) is 27.3 Å². The van der Waals surface area contributed by atoms with Gasteiger partial charge in [-0.25, -0.2) is 4.98 Å². The first-order chi connectivity index (χ1) is 9.54. The second-order valence-corrected chi connectivity index (χ2v) is 5.73. The van der Waals surface area contributed by atoms with Crippen molar-refractivity contribution >= 4 is 17.2 Å². The number of thiazole rings is 1. The van der Waals surface area contributed by atoms with Crippen molar-refractivity contribution in [3.8, 4) is 5.75 Å². The van der Waals surface area contributed by atoms with E-state index in [2.05, 4.69) is 10.3 Å². The summed E-state index contributed by atoms with van der Waals surface area (Å²) in [6, 6.07) is 5.80. The van der Waals surface area contributed by atoms with Gasteiger partial charge in [-0.3, -0.25) is 4.79 Å². The molecule has 0 aliphatic heterocycles. The fraction of sp³-hybridized carbons (Fsp3) is 0.333. The summed E-state index contributed by atoms with van der Waals surface area (Å²) >= 11 is 1.58. The van der Waals surface area contributed by atoms with Crippen molar-refractivity contribution in [2.24, 2.45) is 0 Å². The molecule has 0 radical (unpaired) electrons. The van der Waals surface area contributed by atoms with Gasteiger partial charge in [0.2, 0.25) is 0 Å². The molecule has 4 nitrogen and oxygen atoms in total. The lowest BCUT2D eigenvalue weighted by atomic mass is 10.1. The summed E-state index contributed by atoms with van der Waals surface area (Å²) < 4.78 is 5.47. The maximum Gasteiger partial charge on any atom is 0.258 e. The molecule has 1 heterocycles. The summed E-state index contributed by atoms with van der Waals surface area (Å²) in [5, 5.41) is 5.73. The van der Waals surface area contributed by atoms with Crippen molar-refractivity contribution < 1.29 is 9.53 Å². The highest BCUT2D eigenvalue weighted by molar-refractivity contribution is 7.09. The smallest absolute Gasteiger partial charge is 0.258 e. The zero-order valence-corrected chi connectivity index (χ0v) is 12.7. The minimum atomic E-state index is -0.145. The van der Waals surface area contributed by atoms with Crippen molar-refractivity contribution in [3.63, 3.8) is 0 Å². The summed E-state index contributed by atoms with van der Waals surface area (Å²) in [6.07, 6.45) is 0. The largest absolute Gasteiger partial charge is 0.484 e. The average Bonchev–Trinajstić information content (AvgIpc) is 2.83. The molecule has 106 valence electrons. The Labute approximate surface area is 122 Å². The lowest BCUT2D eigenvalue weighted by Crippen LogP contribution is -2.28. The van der Waals surface area contributed by atoms with Gasteiger partial charge in [0.15, 0.2) is 6.61 Å². The van der Waals surface area contributed by atoms with Gasteiger partial charge in [0.05, 0.1) is 17.2 Å². The van der Waals surface area contributed by atoms with E-state index in [1.807, 2.05) is 44.4 Å². The molecule has 2 rings (SSSR count). The molecule has 0 bridgehead atoms. The van der Waals surface area contributed by atoms with Gasteiger partial charge in [-0.2, -0.15) is 0 Å². The lowest BCUT2D eigenvalue weighted by molar-refractivity contribution is -0.123. The number of amides is 1. The van der Waals surface area contributed by atoms with Crippen LogP contribution in [0.5, 0.6) is 5.75 Å².